The Morgan fingerprint density at radius 2 is 1.78 bits per heavy atom. The molecule has 94 valence electrons. The van der Waals surface area contributed by atoms with Crippen molar-refractivity contribution in [2.75, 3.05) is 5.32 Å². The molecule has 0 heterocycles. The van der Waals surface area contributed by atoms with Crippen molar-refractivity contribution in [3.63, 3.8) is 0 Å². The van der Waals surface area contributed by atoms with E-state index in [4.69, 9.17) is 0 Å². The van der Waals surface area contributed by atoms with Crippen LogP contribution in [-0.4, -0.2) is 5.11 Å². The van der Waals surface area contributed by atoms with Gasteiger partial charge in [0.1, 0.15) is 5.75 Å². The van der Waals surface area contributed by atoms with Gasteiger partial charge in [0.15, 0.2) is 0 Å². The second-order valence-electron chi connectivity index (χ2n) is 4.42. The van der Waals surface area contributed by atoms with Gasteiger partial charge in [-0.2, -0.15) is 0 Å². The molecule has 2 N–H and O–H groups in total. The number of aryl methyl sites for hydroxylation is 1. The van der Waals surface area contributed by atoms with Crippen LogP contribution in [0.2, 0.25) is 0 Å². The van der Waals surface area contributed by atoms with E-state index in [0.29, 0.717) is 5.75 Å². The van der Waals surface area contributed by atoms with Gasteiger partial charge in [0, 0.05) is 16.2 Å². The quantitative estimate of drug-likeness (QED) is 0.866. The second kappa shape index (κ2) is 5.44. The van der Waals surface area contributed by atoms with Gasteiger partial charge in [0.25, 0.3) is 0 Å². The Bertz CT molecular complexity index is 537. The summed E-state index contributed by atoms with van der Waals surface area (Å²) in [5.41, 5.74) is 3.48. The lowest BCUT2D eigenvalue weighted by atomic mass is 10.1. The largest absolute Gasteiger partial charge is 0.508 e. The first-order valence-corrected chi connectivity index (χ1v) is 6.67. The molecule has 2 aromatic rings. The van der Waals surface area contributed by atoms with Crippen LogP contribution in [0, 0.1) is 6.92 Å². The number of rotatable bonds is 3. The van der Waals surface area contributed by atoms with Crippen molar-refractivity contribution < 1.29 is 5.11 Å². The third-order valence-electron chi connectivity index (χ3n) is 2.95. The van der Waals surface area contributed by atoms with Gasteiger partial charge in [0.2, 0.25) is 0 Å². The zero-order valence-electron chi connectivity index (χ0n) is 10.4. The number of nitrogens with one attached hydrogen (secondary N) is 1. The Morgan fingerprint density at radius 1 is 1.11 bits per heavy atom. The topological polar surface area (TPSA) is 32.3 Å². The van der Waals surface area contributed by atoms with E-state index in [1.165, 1.54) is 5.56 Å². The first-order valence-electron chi connectivity index (χ1n) is 5.88. The van der Waals surface area contributed by atoms with Crippen LogP contribution in [-0.2, 0) is 0 Å². The number of aromatic hydroxyl groups is 1. The van der Waals surface area contributed by atoms with Crippen LogP contribution in [0.1, 0.15) is 24.1 Å². The Kier molecular flexibility index (Phi) is 3.92. The highest BCUT2D eigenvalue weighted by Gasteiger charge is 2.07. The molecular weight excluding hydrogens is 290 g/mol. The molecule has 0 aliphatic carbocycles. The van der Waals surface area contributed by atoms with Crippen molar-refractivity contribution in [3.8, 4) is 5.75 Å². The van der Waals surface area contributed by atoms with Gasteiger partial charge in [-0.05, 0) is 55.3 Å². The highest BCUT2D eigenvalue weighted by Crippen LogP contribution is 2.25. The Balaban J connectivity index is 2.15. The minimum Gasteiger partial charge on any atom is -0.508 e. The average molecular weight is 306 g/mol. The van der Waals surface area contributed by atoms with Crippen LogP contribution < -0.4 is 5.32 Å². The van der Waals surface area contributed by atoms with Crippen LogP contribution >= 0.6 is 15.9 Å². The van der Waals surface area contributed by atoms with E-state index in [1.54, 1.807) is 12.1 Å². The summed E-state index contributed by atoms with van der Waals surface area (Å²) in [6, 6.07) is 13.7. The van der Waals surface area contributed by atoms with Gasteiger partial charge < -0.3 is 10.4 Å². The van der Waals surface area contributed by atoms with Crippen molar-refractivity contribution in [2.45, 2.75) is 19.9 Å². The number of phenols is 1. The van der Waals surface area contributed by atoms with Gasteiger partial charge in [-0.15, -0.1) is 0 Å². The van der Waals surface area contributed by atoms with Crippen molar-refractivity contribution in [2.24, 2.45) is 0 Å². The molecule has 0 fully saturated rings. The first kappa shape index (κ1) is 13.0. The molecule has 0 saturated heterocycles. The van der Waals surface area contributed by atoms with Crippen LogP contribution in [0.25, 0.3) is 0 Å². The minimum atomic E-state index is 0.200. The maximum atomic E-state index is 9.28. The molecule has 0 bridgehead atoms. The highest BCUT2D eigenvalue weighted by atomic mass is 79.9. The van der Waals surface area contributed by atoms with Crippen LogP contribution in [0.4, 0.5) is 5.69 Å². The zero-order chi connectivity index (χ0) is 13.1. The molecular formula is C15H16BrNO. The van der Waals surface area contributed by atoms with E-state index >= 15 is 0 Å². The standard InChI is InChI=1S/C15H16BrNO/c1-10-9-13(16)5-8-15(10)17-11(2)12-3-6-14(18)7-4-12/h3-9,11,17-18H,1-2H3. The normalized spacial score (nSPS) is 12.2. The van der Waals surface area contributed by atoms with Crippen molar-refractivity contribution in [1.82, 2.24) is 0 Å². The summed E-state index contributed by atoms with van der Waals surface area (Å²) < 4.78 is 1.09. The average Bonchev–Trinajstić information content (AvgIpc) is 2.33. The lowest BCUT2D eigenvalue weighted by molar-refractivity contribution is 0.475. The lowest BCUT2D eigenvalue weighted by Crippen LogP contribution is -2.07. The van der Waals surface area contributed by atoms with Crippen molar-refractivity contribution in [1.29, 1.82) is 0 Å². The molecule has 2 aromatic carbocycles. The number of halogens is 1. The summed E-state index contributed by atoms with van der Waals surface area (Å²) in [5.74, 6) is 0.297. The van der Waals surface area contributed by atoms with Crippen LogP contribution in [0.5, 0.6) is 5.75 Å². The summed E-state index contributed by atoms with van der Waals surface area (Å²) in [4.78, 5) is 0. The molecule has 2 rings (SSSR count). The summed E-state index contributed by atoms with van der Waals surface area (Å²) in [7, 11) is 0. The fourth-order valence-corrected chi connectivity index (χ4v) is 2.34. The van der Waals surface area contributed by atoms with Gasteiger partial charge in [-0.25, -0.2) is 0 Å². The molecule has 2 nitrogen and oxygen atoms in total. The van der Waals surface area contributed by atoms with Gasteiger partial charge in [-0.3, -0.25) is 0 Å². The maximum absolute atomic E-state index is 9.28. The van der Waals surface area contributed by atoms with E-state index in [0.717, 1.165) is 15.7 Å². The first-order chi connectivity index (χ1) is 8.56. The molecule has 0 aliphatic heterocycles. The smallest absolute Gasteiger partial charge is 0.115 e. The van der Waals surface area contributed by atoms with Crippen molar-refractivity contribution >= 4 is 21.6 Å². The van der Waals surface area contributed by atoms with E-state index in [-0.39, 0.29) is 6.04 Å². The molecule has 1 unspecified atom stereocenters. The Morgan fingerprint density at radius 3 is 2.39 bits per heavy atom. The number of hydrogen-bond acceptors (Lipinski definition) is 2. The van der Waals surface area contributed by atoms with E-state index in [9.17, 15) is 5.11 Å². The molecule has 0 amide bonds. The fraction of sp³-hybridized carbons (Fsp3) is 0.200. The number of hydrogen-bond donors (Lipinski definition) is 2. The monoisotopic (exact) mass is 305 g/mol. The second-order valence-corrected chi connectivity index (χ2v) is 5.33. The number of benzene rings is 2. The predicted molar refractivity (Wildman–Crippen MR) is 79.0 cm³/mol. The Hall–Kier alpha value is -1.48. The SMILES string of the molecule is Cc1cc(Br)ccc1NC(C)c1ccc(O)cc1. The molecule has 0 spiro atoms. The molecule has 0 radical (unpaired) electrons. The number of phenolic OH excluding ortho intramolecular Hbond substituents is 1. The highest BCUT2D eigenvalue weighted by molar-refractivity contribution is 9.10. The molecule has 0 saturated carbocycles. The van der Waals surface area contributed by atoms with Crippen LogP contribution in [0.3, 0.4) is 0 Å². The zero-order valence-corrected chi connectivity index (χ0v) is 12.0. The Labute approximate surface area is 116 Å². The summed E-state index contributed by atoms with van der Waals surface area (Å²) in [6.45, 7) is 4.19. The third kappa shape index (κ3) is 3.05. The van der Waals surface area contributed by atoms with Gasteiger partial charge in [0.05, 0.1) is 0 Å². The van der Waals surface area contributed by atoms with E-state index < -0.39 is 0 Å². The summed E-state index contributed by atoms with van der Waals surface area (Å²) in [5, 5.41) is 12.7. The summed E-state index contributed by atoms with van der Waals surface area (Å²) in [6.07, 6.45) is 0. The van der Waals surface area contributed by atoms with E-state index in [2.05, 4.69) is 47.2 Å². The lowest BCUT2D eigenvalue weighted by Gasteiger charge is -2.17. The molecule has 1 atom stereocenters. The molecule has 3 heteroatoms. The van der Waals surface area contributed by atoms with Gasteiger partial charge in [-0.1, -0.05) is 28.1 Å². The molecule has 18 heavy (non-hydrogen) atoms. The number of anilines is 1. The third-order valence-corrected chi connectivity index (χ3v) is 3.45. The van der Waals surface area contributed by atoms with Crippen molar-refractivity contribution in [3.05, 3.63) is 58.1 Å². The minimum absolute atomic E-state index is 0.200. The molecule has 0 aromatic heterocycles. The van der Waals surface area contributed by atoms with Gasteiger partial charge >= 0.3 is 0 Å². The molecule has 0 aliphatic rings. The predicted octanol–water partition coefficient (Wildman–Crippen LogP) is 4.64. The van der Waals surface area contributed by atoms with E-state index in [1.807, 2.05) is 18.2 Å². The van der Waals surface area contributed by atoms with Crippen LogP contribution in [0.15, 0.2) is 46.9 Å². The fourth-order valence-electron chi connectivity index (χ4n) is 1.87. The summed E-state index contributed by atoms with van der Waals surface area (Å²) >= 11 is 3.46. The maximum Gasteiger partial charge on any atom is 0.115 e.